The molecule has 0 aromatic carbocycles. The van der Waals surface area contributed by atoms with Gasteiger partial charge in [0, 0.05) is 0 Å². The molecule has 0 rings (SSSR count). The lowest BCUT2D eigenvalue weighted by Crippen LogP contribution is -2.21. The SMILES string of the molecule is C=C(C=O)NCS(=O)(=O)O. The highest BCUT2D eigenvalue weighted by Gasteiger charge is 2.02. The fourth-order valence-electron chi connectivity index (χ4n) is 0.226. The van der Waals surface area contributed by atoms with E-state index < -0.39 is 16.0 Å². The first-order valence-corrected chi connectivity index (χ1v) is 3.90. The summed E-state index contributed by atoms with van der Waals surface area (Å²) >= 11 is 0. The molecule has 58 valence electrons. The van der Waals surface area contributed by atoms with E-state index in [4.69, 9.17) is 4.55 Å². The third-order valence-corrected chi connectivity index (χ3v) is 1.13. The molecule has 0 saturated heterocycles. The van der Waals surface area contributed by atoms with Crippen LogP contribution in [0.5, 0.6) is 0 Å². The maximum absolute atomic E-state index is 9.99. The van der Waals surface area contributed by atoms with Gasteiger partial charge in [-0.05, 0) is 0 Å². The fourth-order valence-corrected chi connectivity index (χ4v) is 0.593. The lowest BCUT2D eigenvalue weighted by atomic mass is 10.6. The van der Waals surface area contributed by atoms with E-state index in [0.29, 0.717) is 6.29 Å². The molecule has 0 bridgehead atoms. The predicted octanol–water partition coefficient (Wildman–Crippen LogP) is -0.866. The largest absolute Gasteiger partial charge is 0.367 e. The number of hydrogen-bond donors (Lipinski definition) is 2. The van der Waals surface area contributed by atoms with Crippen LogP contribution in [0.4, 0.5) is 0 Å². The Hall–Kier alpha value is -0.880. The molecule has 0 heterocycles. The zero-order chi connectivity index (χ0) is 8.20. The molecule has 10 heavy (non-hydrogen) atoms. The average Bonchev–Trinajstić information content (AvgIpc) is 1.81. The highest BCUT2D eigenvalue weighted by molar-refractivity contribution is 7.85. The van der Waals surface area contributed by atoms with Gasteiger partial charge in [0.15, 0.2) is 6.29 Å². The zero-order valence-electron chi connectivity index (χ0n) is 5.07. The van der Waals surface area contributed by atoms with E-state index in [1.165, 1.54) is 0 Å². The van der Waals surface area contributed by atoms with Gasteiger partial charge in [0.25, 0.3) is 10.1 Å². The second-order valence-electron chi connectivity index (χ2n) is 1.55. The lowest BCUT2D eigenvalue weighted by molar-refractivity contribution is -0.105. The van der Waals surface area contributed by atoms with Crippen molar-refractivity contribution in [2.24, 2.45) is 0 Å². The van der Waals surface area contributed by atoms with Crippen LogP contribution in [0, 0.1) is 0 Å². The standard InChI is InChI=1S/C4H7NO4S/c1-4(2-6)5-3-10(7,8)9/h2,5H,1,3H2,(H,7,8,9). The van der Waals surface area contributed by atoms with Crippen molar-refractivity contribution >= 4 is 16.4 Å². The van der Waals surface area contributed by atoms with E-state index in [-0.39, 0.29) is 5.70 Å². The van der Waals surface area contributed by atoms with Crippen LogP contribution in [0.15, 0.2) is 12.3 Å². The van der Waals surface area contributed by atoms with Gasteiger partial charge in [0.1, 0.15) is 5.88 Å². The molecule has 0 radical (unpaired) electrons. The second-order valence-corrected chi connectivity index (χ2v) is 3.00. The van der Waals surface area contributed by atoms with Gasteiger partial charge in [-0.3, -0.25) is 9.35 Å². The van der Waals surface area contributed by atoms with Crippen LogP contribution >= 0.6 is 0 Å². The monoisotopic (exact) mass is 165 g/mol. The number of aldehydes is 1. The smallest absolute Gasteiger partial charge is 0.283 e. The fraction of sp³-hybridized carbons (Fsp3) is 0.250. The molecule has 0 aliphatic carbocycles. The maximum Gasteiger partial charge on any atom is 0.283 e. The van der Waals surface area contributed by atoms with E-state index in [1.807, 2.05) is 0 Å². The normalized spacial score (nSPS) is 10.5. The van der Waals surface area contributed by atoms with Crippen molar-refractivity contribution in [3.05, 3.63) is 12.3 Å². The summed E-state index contributed by atoms with van der Waals surface area (Å²) in [5.74, 6) is -0.690. The van der Waals surface area contributed by atoms with Gasteiger partial charge in [-0.1, -0.05) is 6.58 Å². The topological polar surface area (TPSA) is 83.5 Å². The summed E-state index contributed by atoms with van der Waals surface area (Å²) < 4.78 is 28.1. The molecule has 0 aromatic rings. The highest BCUT2D eigenvalue weighted by atomic mass is 32.2. The third kappa shape index (κ3) is 5.26. The molecule has 0 unspecified atom stereocenters. The Labute approximate surface area is 58.5 Å². The van der Waals surface area contributed by atoms with E-state index >= 15 is 0 Å². The number of nitrogens with one attached hydrogen (secondary N) is 1. The van der Waals surface area contributed by atoms with Crippen LogP contribution in [-0.4, -0.2) is 25.1 Å². The van der Waals surface area contributed by atoms with Crippen molar-refractivity contribution < 1.29 is 17.8 Å². The molecule has 5 nitrogen and oxygen atoms in total. The minimum absolute atomic E-state index is 0.0855. The highest BCUT2D eigenvalue weighted by Crippen LogP contribution is 1.80. The van der Waals surface area contributed by atoms with Crippen LogP contribution < -0.4 is 5.32 Å². The summed E-state index contributed by atoms with van der Waals surface area (Å²) in [5, 5.41) is 2.07. The number of carbonyl (C=O) groups is 1. The summed E-state index contributed by atoms with van der Waals surface area (Å²) in [6, 6.07) is 0. The molecule has 0 spiro atoms. The van der Waals surface area contributed by atoms with Crippen molar-refractivity contribution in [1.82, 2.24) is 5.32 Å². The van der Waals surface area contributed by atoms with Gasteiger partial charge in [0.2, 0.25) is 0 Å². The molecule has 0 fully saturated rings. The minimum Gasteiger partial charge on any atom is -0.367 e. The van der Waals surface area contributed by atoms with Gasteiger partial charge >= 0.3 is 0 Å². The van der Waals surface area contributed by atoms with Crippen molar-refractivity contribution in [3.8, 4) is 0 Å². The van der Waals surface area contributed by atoms with Gasteiger partial charge in [-0.25, -0.2) is 0 Å². The Morgan fingerprint density at radius 1 is 1.70 bits per heavy atom. The number of allylic oxidation sites excluding steroid dienone is 1. The molecule has 0 aliphatic rings. The molecular formula is C4H7NO4S. The van der Waals surface area contributed by atoms with Crippen LogP contribution in [0.2, 0.25) is 0 Å². The zero-order valence-corrected chi connectivity index (χ0v) is 5.89. The average molecular weight is 165 g/mol. The van der Waals surface area contributed by atoms with Gasteiger partial charge in [0.05, 0.1) is 5.70 Å². The molecule has 6 heteroatoms. The first kappa shape index (κ1) is 9.12. The molecule has 2 N–H and O–H groups in total. The van der Waals surface area contributed by atoms with Crippen LogP contribution in [0.1, 0.15) is 0 Å². The summed E-state index contributed by atoms with van der Waals surface area (Å²) in [4.78, 5) is 9.78. The summed E-state index contributed by atoms with van der Waals surface area (Å²) in [6.45, 7) is 3.12. The van der Waals surface area contributed by atoms with E-state index in [0.717, 1.165) is 0 Å². The Morgan fingerprint density at radius 3 is 2.50 bits per heavy atom. The molecule has 0 aromatic heterocycles. The van der Waals surface area contributed by atoms with Gasteiger partial charge in [-0.15, -0.1) is 0 Å². The van der Waals surface area contributed by atoms with Crippen molar-refractivity contribution in [2.75, 3.05) is 5.88 Å². The molecule has 0 amide bonds. The van der Waals surface area contributed by atoms with E-state index in [2.05, 4.69) is 11.9 Å². The summed E-state index contributed by atoms with van der Waals surface area (Å²) in [7, 11) is -4.06. The quantitative estimate of drug-likeness (QED) is 0.321. The van der Waals surface area contributed by atoms with Gasteiger partial charge in [-0.2, -0.15) is 8.42 Å². The summed E-state index contributed by atoms with van der Waals surface area (Å²) in [6.07, 6.45) is 0.352. The van der Waals surface area contributed by atoms with Gasteiger partial charge < -0.3 is 5.32 Å². The van der Waals surface area contributed by atoms with E-state index in [9.17, 15) is 13.2 Å². The predicted molar refractivity (Wildman–Crippen MR) is 34.8 cm³/mol. The molecular weight excluding hydrogens is 158 g/mol. The van der Waals surface area contributed by atoms with Crippen LogP contribution in [0.25, 0.3) is 0 Å². The number of hydrogen-bond acceptors (Lipinski definition) is 4. The Balaban J connectivity index is 3.78. The first-order valence-electron chi connectivity index (χ1n) is 2.29. The Bertz CT molecular complexity index is 230. The van der Waals surface area contributed by atoms with Crippen molar-refractivity contribution in [3.63, 3.8) is 0 Å². The van der Waals surface area contributed by atoms with Crippen molar-refractivity contribution in [1.29, 1.82) is 0 Å². The second kappa shape index (κ2) is 3.33. The van der Waals surface area contributed by atoms with E-state index in [1.54, 1.807) is 0 Å². The maximum atomic E-state index is 9.99. The number of rotatable bonds is 4. The molecule has 0 aliphatic heterocycles. The third-order valence-electron chi connectivity index (χ3n) is 0.624. The molecule has 0 atom stereocenters. The molecule has 0 saturated carbocycles. The lowest BCUT2D eigenvalue weighted by Gasteiger charge is -1.98. The number of carbonyl (C=O) groups excluding carboxylic acids is 1. The summed E-state index contributed by atoms with van der Waals surface area (Å²) in [5.41, 5.74) is -0.0855. The Kier molecular flexibility index (Phi) is 3.04. The van der Waals surface area contributed by atoms with Crippen LogP contribution in [0.3, 0.4) is 0 Å². The van der Waals surface area contributed by atoms with Crippen LogP contribution in [-0.2, 0) is 14.9 Å². The first-order chi connectivity index (χ1) is 4.45. The van der Waals surface area contributed by atoms with Crippen molar-refractivity contribution in [2.45, 2.75) is 0 Å². The minimum atomic E-state index is -4.06. The Morgan fingerprint density at radius 2 is 2.20 bits per heavy atom.